The highest BCUT2D eigenvalue weighted by molar-refractivity contribution is 5.93. The fraction of sp³-hybridized carbons (Fsp3) is 0.474. The molecule has 2 aliphatic rings. The molecule has 0 unspecified atom stereocenters. The van der Waals surface area contributed by atoms with Crippen LogP contribution in [0.2, 0.25) is 0 Å². The van der Waals surface area contributed by atoms with Crippen molar-refractivity contribution in [3.63, 3.8) is 0 Å². The topological polar surface area (TPSA) is 68.3 Å². The van der Waals surface area contributed by atoms with Gasteiger partial charge in [-0.15, -0.1) is 5.10 Å². The summed E-state index contributed by atoms with van der Waals surface area (Å²) in [6, 6.07) is 5.77. The van der Waals surface area contributed by atoms with E-state index in [1.807, 2.05) is 38.4 Å². The van der Waals surface area contributed by atoms with Gasteiger partial charge in [-0.25, -0.2) is 4.98 Å². The molecule has 1 amide bonds. The van der Waals surface area contributed by atoms with Gasteiger partial charge in [0.25, 0.3) is 5.91 Å². The van der Waals surface area contributed by atoms with E-state index in [-0.39, 0.29) is 5.91 Å². The van der Waals surface area contributed by atoms with Crippen LogP contribution >= 0.6 is 0 Å². The van der Waals surface area contributed by atoms with Gasteiger partial charge in [0, 0.05) is 37.9 Å². The molecular formula is C19H22N6O. The maximum atomic E-state index is 13.0. The molecule has 0 radical (unpaired) electrons. The minimum Gasteiger partial charge on any atom is -0.337 e. The van der Waals surface area contributed by atoms with Gasteiger partial charge < -0.3 is 4.90 Å². The first-order valence-electron chi connectivity index (χ1n) is 9.39. The van der Waals surface area contributed by atoms with Gasteiger partial charge in [0.1, 0.15) is 11.3 Å². The predicted molar refractivity (Wildman–Crippen MR) is 95.8 cm³/mol. The Morgan fingerprint density at radius 3 is 3.04 bits per heavy atom. The normalized spacial score (nSPS) is 20.6. The molecule has 0 spiro atoms. The highest BCUT2D eigenvalue weighted by Crippen LogP contribution is 2.38. The number of hydrogen-bond acceptors (Lipinski definition) is 4. The first-order chi connectivity index (χ1) is 12.8. The average Bonchev–Trinajstić information content (AvgIpc) is 3.27. The quantitative estimate of drug-likeness (QED) is 0.724. The van der Waals surface area contributed by atoms with Gasteiger partial charge in [0.15, 0.2) is 0 Å². The summed E-state index contributed by atoms with van der Waals surface area (Å²) < 4.78 is 3.83. The van der Waals surface area contributed by atoms with E-state index in [4.69, 9.17) is 0 Å². The molecule has 1 aliphatic carbocycles. The number of nitrogens with zero attached hydrogens (tertiary/aromatic N) is 6. The molecule has 0 aromatic carbocycles. The lowest BCUT2D eigenvalue weighted by Crippen LogP contribution is -2.41. The number of amides is 1. The summed E-state index contributed by atoms with van der Waals surface area (Å²) in [5, 5.41) is 8.57. The monoisotopic (exact) mass is 350 g/mol. The van der Waals surface area contributed by atoms with Crippen LogP contribution in [0.1, 0.15) is 47.8 Å². The largest absolute Gasteiger partial charge is 0.337 e. The maximum Gasteiger partial charge on any atom is 0.272 e. The van der Waals surface area contributed by atoms with Crippen LogP contribution in [0.5, 0.6) is 0 Å². The van der Waals surface area contributed by atoms with Gasteiger partial charge in [-0.05, 0) is 43.7 Å². The van der Waals surface area contributed by atoms with Crippen LogP contribution in [0.4, 0.5) is 0 Å². The lowest BCUT2D eigenvalue weighted by Gasteiger charge is -2.32. The highest BCUT2D eigenvalue weighted by atomic mass is 16.2. The van der Waals surface area contributed by atoms with Gasteiger partial charge in [-0.2, -0.15) is 0 Å². The zero-order chi connectivity index (χ0) is 17.5. The Bertz CT molecular complexity index is 940. The van der Waals surface area contributed by atoms with Crippen molar-refractivity contribution in [2.45, 2.75) is 38.1 Å². The number of carbonyl (C=O) groups excluding carboxylic acids is 1. The lowest BCUT2D eigenvalue weighted by molar-refractivity contribution is 0.0652. The molecule has 26 heavy (non-hydrogen) atoms. The summed E-state index contributed by atoms with van der Waals surface area (Å²) in [5.74, 6) is 1.11. The molecule has 1 aliphatic heterocycles. The first-order valence-corrected chi connectivity index (χ1v) is 9.39. The Labute approximate surface area is 151 Å². The Morgan fingerprint density at radius 2 is 2.15 bits per heavy atom. The first kappa shape index (κ1) is 15.5. The van der Waals surface area contributed by atoms with Gasteiger partial charge in [-0.1, -0.05) is 11.3 Å². The van der Waals surface area contributed by atoms with Crippen molar-refractivity contribution < 1.29 is 4.79 Å². The van der Waals surface area contributed by atoms with Gasteiger partial charge >= 0.3 is 0 Å². The Hall–Kier alpha value is -2.70. The van der Waals surface area contributed by atoms with Crippen LogP contribution in [-0.4, -0.2) is 48.3 Å². The number of likely N-dealkylation sites (tertiary alicyclic amines) is 1. The molecule has 5 rings (SSSR count). The number of piperidine rings is 1. The van der Waals surface area contributed by atoms with Gasteiger partial charge in [-0.3, -0.25) is 13.9 Å². The standard InChI is InChI=1S/C19H22N6O/c26-19(17-10-20-18-5-1-2-9-25(17)18)23-8-3-4-14(11-23)12-24-13-16(21-22-24)15-6-7-15/h1-2,5,9-10,13-15H,3-4,6-8,11-12H2/t14-/m1/s1. The summed E-state index contributed by atoms with van der Waals surface area (Å²) in [5.41, 5.74) is 2.57. The van der Waals surface area contributed by atoms with E-state index in [0.717, 1.165) is 43.8 Å². The molecule has 3 aromatic heterocycles. The zero-order valence-corrected chi connectivity index (χ0v) is 14.7. The van der Waals surface area contributed by atoms with Crippen LogP contribution in [0.3, 0.4) is 0 Å². The number of rotatable bonds is 4. The average molecular weight is 350 g/mol. The summed E-state index contributed by atoms with van der Waals surface area (Å²) in [6.07, 6.45) is 10.3. The number of pyridine rings is 1. The fourth-order valence-electron chi connectivity index (χ4n) is 3.88. The van der Waals surface area contributed by atoms with Gasteiger partial charge in [0.2, 0.25) is 0 Å². The summed E-state index contributed by atoms with van der Waals surface area (Å²) >= 11 is 0. The van der Waals surface area contributed by atoms with Crippen LogP contribution in [0.15, 0.2) is 36.8 Å². The van der Waals surface area contributed by atoms with Crippen molar-refractivity contribution in [2.24, 2.45) is 5.92 Å². The molecule has 1 saturated carbocycles. The van der Waals surface area contributed by atoms with Crippen LogP contribution in [0, 0.1) is 5.92 Å². The molecule has 1 atom stereocenters. The second-order valence-corrected chi connectivity index (χ2v) is 7.47. The highest BCUT2D eigenvalue weighted by Gasteiger charge is 2.29. The second kappa shape index (κ2) is 6.23. The number of hydrogen-bond donors (Lipinski definition) is 0. The third-order valence-electron chi connectivity index (χ3n) is 5.44. The molecule has 3 aromatic rings. The van der Waals surface area contributed by atoms with E-state index >= 15 is 0 Å². The maximum absolute atomic E-state index is 13.0. The van der Waals surface area contributed by atoms with Crippen molar-refractivity contribution >= 4 is 11.6 Å². The molecule has 2 fully saturated rings. The molecule has 0 N–H and O–H groups in total. The number of imidazole rings is 1. The van der Waals surface area contributed by atoms with E-state index in [1.165, 1.54) is 12.8 Å². The van der Waals surface area contributed by atoms with E-state index in [2.05, 4.69) is 21.5 Å². The molecular weight excluding hydrogens is 328 g/mol. The summed E-state index contributed by atoms with van der Waals surface area (Å²) in [6.45, 7) is 2.40. The van der Waals surface area contributed by atoms with E-state index in [0.29, 0.717) is 17.5 Å². The molecule has 0 bridgehead atoms. The molecule has 134 valence electrons. The van der Waals surface area contributed by atoms with Gasteiger partial charge in [0.05, 0.1) is 11.9 Å². The van der Waals surface area contributed by atoms with Crippen molar-refractivity contribution in [1.29, 1.82) is 0 Å². The number of fused-ring (bicyclic) bond motifs is 1. The van der Waals surface area contributed by atoms with Crippen molar-refractivity contribution in [3.8, 4) is 0 Å². The fourth-order valence-corrected chi connectivity index (χ4v) is 3.88. The third-order valence-corrected chi connectivity index (χ3v) is 5.44. The van der Waals surface area contributed by atoms with Crippen LogP contribution in [0.25, 0.3) is 5.65 Å². The molecule has 7 nitrogen and oxygen atoms in total. The SMILES string of the molecule is O=C(c1cnc2ccccn12)N1CCC[C@@H](Cn2cc(C3CC3)nn2)C1. The lowest BCUT2D eigenvalue weighted by atomic mass is 9.98. The van der Waals surface area contributed by atoms with Crippen molar-refractivity contribution in [2.75, 3.05) is 13.1 Å². The number of aromatic nitrogens is 5. The summed E-state index contributed by atoms with van der Waals surface area (Å²) in [4.78, 5) is 19.3. The molecule has 4 heterocycles. The Morgan fingerprint density at radius 1 is 1.23 bits per heavy atom. The zero-order valence-electron chi connectivity index (χ0n) is 14.7. The number of carbonyl (C=O) groups is 1. The van der Waals surface area contributed by atoms with Crippen LogP contribution < -0.4 is 0 Å². The van der Waals surface area contributed by atoms with E-state index < -0.39 is 0 Å². The third kappa shape index (κ3) is 2.87. The van der Waals surface area contributed by atoms with E-state index in [9.17, 15) is 4.79 Å². The summed E-state index contributed by atoms with van der Waals surface area (Å²) in [7, 11) is 0. The van der Waals surface area contributed by atoms with Crippen molar-refractivity contribution in [1.82, 2.24) is 29.3 Å². The Balaban J connectivity index is 1.29. The predicted octanol–water partition coefficient (Wildman–Crippen LogP) is 2.36. The van der Waals surface area contributed by atoms with Crippen molar-refractivity contribution in [3.05, 3.63) is 48.2 Å². The van der Waals surface area contributed by atoms with E-state index in [1.54, 1.807) is 6.20 Å². The smallest absolute Gasteiger partial charge is 0.272 e. The second-order valence-electron chi connectivity index (χ2n) is 7.47. The Kier molecular flexibility index (Phi) is 3.72. The molecule has 1 saturated heterocycles. The minimum absolute atomic E-state index is 0.0608. The minimum atomic E-state index is 0.0608. The van der Waals surface area contributed by atoms with Crippen LogP contribution in [-0.2, 0) is 6.54 Å². The molecule has 7 heteroatoms.